The van der Waals surface area contributed by atoms with Gasteiger partial charge in [-0.1, -0.05) is 12.1 Å². The molecular formula is C13H18N2O3. The molecule has 2 N–H and O–H groups in total. The first-order chi connectivity index (χ1) is 8.61. The van der Waals surface area contributed by atoms with Crippen LogP contribution in [0.25, 0.3) is 0 Å². The van der Waals surface area contributed by atoms with Crippen molar-refractivity contribution in [1.82, 2.24) is 0 Å². The van der Waals surface area contributed by atoms with Crippen LogP contribution >= 0.6 is 0 Å². The number of hydrogen-bond acceptors (Lipinski definition) is 4. The Bertz CT molecular complexity index is 432. The van der Waals surface area contributed by atoms with Crippen LogP contribution in [0.1, 0.15) is 23.2 Å². The van der Waals surface area contributed by atoms with Crippen LogP contribution in [-0.2, 0) is 9.53 Å². The van der Waals surface area contributed by atoms with Crippen molar-refractivity contribution in [2.75, 3.05) is 25.6 Å². The zero-order valence-electron chi connectivity index (χ0n) is 10.7. The van der Waals surface area contributed by atoms with Gasteiger partial charge in [0, 0.05) is 13.5 Å². The van der Waals surface area contributed by atoms with Crippen molar-refractivity contribution >= 4 is 17.6 Å². The molecule has 18 heavy (non-hydrogen) atoms. The van der Waals surface area contributed by atoms with Gasteiger partial charge in [-0.25, -0.2) is 4.79 Å². The van der Waals surface area contributed by atoms with Gasteiger partial charge >= 0.3 is 5.97 Å². The predicted molar refractivity (Wildman–Crippen MR) is 69.5 cm³/mol. The van der Waals surface area contributed by atoms with Gasteiger partial charge in [-0.3, -0.25) is 4.79 Å². The number of hydrogen-bond donors (Lipinski definition) is 1. The van der Waals surface area contributed by atoms with E-state index in [1.54, 1.807) is 31.3 Å². The van der Waals surface area contributed by atoms with Crippen LogP contribution in [0.4, 0.5) is 5.69 Å². The zero-order valence-corrected chi connectivity index (χ0v) is 10.7. The number of esters is 1. The standard InChI is InChI=1S/C13H18N2O3/c1-15(12(16)8-5-9-14)11-7-4-3-6-10(11)13(17)18-2/h3-4,6-7H,5,8-9,14H2,1-2H3. The normalized spacial score (nSPS) is 9.94. The summed E-state index contributed by atoms with van der Waals surface area (Å²) in [5.41, 5.74) is 6.30. The van der Waals surface area contributed by atoms with E-state index in [1.165, 1.54) is 12.0 Å². The summed E-state index contributed by atoms with van der Waals surface area (Å²) in [7, 11) is 2.95. The fourth-order valence-corrected chi connectivity index (χ4v) is 1.60. The number of benzene rings is 1. The maximum Gasteiger partial charge on any atom is 0.339 e. The minimum absolute atomic E-state index is 0.0724. The predicted octanol–water partition coefficient (Wildman–Crippen LogP) is 1.17. The Morgan fingerprint density at radius 2 is 2.00 bits per heavy atom. The molecule has 0 unspecified atom stereocenters. The number of amides is 1. The second-order valence-corrected chi connectivity index (χ2v) is 3.85. The summed E-state index contributed by atoms with van der Waals surface area (Å²) >= 11 is 0. The van der Waals surface area contributed by atoms with E-state index in [4.69, 9.17) is 10.5 Å². The van der Waals surface area contributed by atoms with Crippen molar-refractivity contribution in [1.29, 1.82) is 0 Å². The molecule has 5 heteroatoms. The maximum atomic E-state index is 11.9. The molecule has 0 heterocycles. The van der Waals surface area contributed by atoms with Gasteiger partial charge in [-0.2, -0.15) is 0 Å². The molecule has 0 saturated heterocycles. The first kappa shape index (κ1) is 14.2. The molecule has 0 aliphatic heterocycles. The second-order valence-electron chi connectivity index (χ2n) is 3.85. The lowest BCUT2D eigenvalue weighted by Gasteiger charge is -2.19. The van der Waals surface area contributed by atoms with E-state index in [0.29, 0.717) is 30.6 Å². The van der Waals surface area contributed by atoms with Gasteiger partial charge in [0.2, 0.25) is 5.91 Å². The van der Waals surface area contributed by atoms with Crippen LogP contribution in [0.2, 0.25) is 0 Å². The quantitative estimate of drug-likeness (QED) is 0.796. The SMILES string of the molecule is COC(=O)c1ccccc1N(C)C(=O)CCCN. The molecule has 0 fully saturated rings. The summed E-state index contributed by atoms with van der Waals surface area (Å²) in [6, 6.07) is 6.85. The third-order valence-corrected chi connectivity index (χ3v) is 2.64. The van der Waals surface area contributed by atoms with Crippen LogP contribution in [0.3, 0.4) is 0 Å². The first-order valence-electron chi connectivity index (χ1n) is 5.75. The van der Waals surface area contributed by atoms with Crippen LogP contribution in [0, 0.1) is 0 Å². The van der Waals surface area contributed by atoms with Crippen LogP contribution in [0.5, 0.6) is 0 Å². The number of anilines is 1. The van der Waals surface area contributed by atoms with E-state index in [2.05, 4.69) is 0 Å². The van der Waals surface area contributed by atoms with Crippen LogP contribution in [0.15, 0.2) is 24.3 Å². The summed E-state index contributed by atoms with van der Waals surface area (Å²) < 4.78 is 4.69. The van der Waals surface area contributed by atoms with Crippen molar-refractivity contribution in [3.05, 3.63) is 29.8 Å². The van der Waals surface area contributed by atoms with E-state index < -0.39 is 5.97 Å². The van der Waals surface area contributed by atoms with Crippen LogP contribution < -0.4 is 10.6 Å². The molecule has 1 rings (SSSR count). The Labute approximate surface area is 107 Å². The third-order valence-electron chi connectivity index (χ3n) is 2.64. The van der Waals surface area contributed by atoms with Gasteiger partial charge in [0.25, 0.3) is 0 Å². The van der Waals surface area contributed by atoms with E-state index in [9.17, 15) is 9.59 Å². The average molecular weight is 250 g/mol. The van der Waals surface area contributed by atoms with Gasteiger partial charge in [-0.05, 0) is 25.1 Å². The first-order valence-corrected chi connectivity index (χ1v) is 5.75. The molecule has 1 aromatic carbocycles. The molecule has 0 aromatic heterocycles. The molecule has 0 saturated carbocycles. The summed E-state index contributed by atoms with van der Waals surface area (Å²) in [6.07, 6.45) is 0.992. The highest BCUT2D eigenvalue weighted by atomic mass is 16.5. The molecule has 0 spiro atoms. The highest BCUT2D eigenvalue weighted by Gasteiger charge is 2.18. The average Bonchev–Trinajstić information content (AvgIpc) is 2.43. The lowest BCUT2D eigenvalue weighted by Crippen LogP contribution is -2.28. The molecule has 0 aliphatic carbocycles. The summed E-state index contributed by atoms with van der Waals surface area (Å²) in [5.74, 6) is -0.527. The number of nitrogens with two attached hydrogens (primary N) is 1. The number of carbonyl (C=O) groups excluding carboxylic acids is 2. The molecule has 98 valence electrons. The Balaban J connectivity index is 2.94. The zero-order chi connectivity index (χ0) is 13.5. The van der Waals surface area contributed by atoms with E-state index in [0.717, 1.165) is 0 Å². The number of carbonyl (C=O) groups is 2. The monoisotopic (exact) mass is 250 g/mol. The highest BCUT2D eigenvalue weighted by Crippen LogP contribution is 2.20. The second kappa shape index (κ2) is 6.76. The van der Waals surface area contributed by atoms with E-state index in [1.807, 2.05) is 0 Å². The van der Waals surface area contributed by atoms with Crippen molar-refractivity contribution in [2.45, 2.75) is 12.8 Å². The number of para-hydroxylation sites is 1. The van der Waals surface area contributed by atoms with Gasteiger partial charge in [-0.15, -0.1) is 0 Å². The minimum Gasteiger partial charge on any atom is -0.465 e. The smallest absolute Gasteiger partial charge is 0.339 e. The fourth-order valence-electron chi connectivity index (χ4n) is 1.60. The summed E-state index contributed by atoms with van der Waals surface area (Å²) in [5, 5.41) is 0. The van der Waals surface area contributed by atoms with E-state index in [-0.39, 0.29) is 5.91 Å². The minimum atomic E-state index is -0.455. The molecule has 5 nitrogen and oxygen atoms in total. The lowest BCUT2D eigenvalue weighted by molar-refractivity contribution is -0.118. The number of nitrogens with zero attached hydrogens (tertiary/aromatic N) is 1. The maximum absolute atomic E-state index is 11.9. The van der Waals surface area contributed by atoms with E-state index >= 15 is 0 Å². The van der Waals surface area contributed by atoms with Gasteiger partial charge < -0.3 is 15.4 Å². The van der Waals surface area contributed by atoms with Crippen molar-refractivity contribution in [3.63, 3.8) is 0 Å². The van der Waals surface area contributed by atoms with Gasteiger partial charge in [0.05, 0.1) is 18.4 Å². The molecule has 1 aromatic rings. The van der Waals surface area contributed by atoms with Crippen molar-refractivity contribution in [2.24, 2.45) is 5.73 Å². The number of rotatable bonds is 5. The Morgan fingerprint density at radius 3 is 2.61 bits per heavy atom. The molecule has 0 radical (unpaired) electrons. The lowest BCUT2D eigenvalue weighted by atomic mass is 10.1. The third kappa shape index (κ3) is 3.30. The Kier molecular flexibility index (Phi) is 5.32. The van der Waals surface area contributed by atoms with Crippen molar-refractivity contribution < 1.29 is 14.3 Å². The molecule has 1 amide bonds. The number of methoxy groups -OCH3 is 1. The summed E-state index contributed by atoms with van der Waals surface area (Å²) in [4.78, 5) is 24.9. The summed E-state index contributed by atoms with van der Waals surface area (Å²) in [6.45, 7) is 0.470. The topological polar surface area (TPSA) is 72.6 Å². The van der Waals surface area contributed by atoms with Gasteiger partial charge in [0.1, 0.15) is 0 Å². The Morgan fingerprint density at radius 1 is 1.33 bits per heavy atom. The fraction of sp³-hybridized carbons (Fsp3) is 0.385. The van der Waals surface area contributed by atoms with Crippen molar-refractivity contribution in [3.8, 4) is 0 Å². The molecule has 0 atom stereocenters. The molecule has 0 bridgehead atoms. The molecular weight excluding hydrogens is 232 g/mol. The molecule has 0 aliphatic rings. The number of ether oxygens (including phenoxy) is 1. The van der Waals surface area contributed by atoms with Crippen LogP contribution in [-0.4, -0.2) is 32.6 Å². The highest BCUT2D eigenvalue weighted by molar-refractivity contribution is 6.02. The van der Waals surface area contributed by atoms with Gasteiger partial charge in [0.15, 0.2) is 0 Å². The largest absolute Gasteiger partial charge is 0.465 e. The Hall–Kier alpha value is -1.88.